The topological polar surface area (TPSA) is 108 Å². The van der Waals surface area contributed by atoms with Gasteiger partial charge in [0.15, 0.2) is 0 Å². The first-order valence-electron chi connectivity index (χ1n) is 11.5. The van der Waals surface area contributed by atoms with Gasteiger partial charge in [0.2, 0.25) is 17.7 Å². The molecule has 1 atom stereocenters. The van der Waals surface area contributed by atoms with E-state index < -0.39 is 11.9 Å². The fourth-order valence-electron chi connectivity index (χ4n) is 4.27. The molecule has 34 heavy (non-hydrogen) atoms. The molecule has 0 spiro atoms. The number of rotatable bonds is 6. The molecule has 0 bridgehead atoms. The van der Waals surface area contributed by atoms with Crippen LogP contribution in [0.1, 0.15) is 60.7 Å². The van der Waals surface area contributed by atoms with Crippen LogP contribution in [0.3, 0.4) is 0 Å². The third-order valence-electron chi connectivity index (χ3n) is 6.28. The molecule has 2 heterocycles. The number of hydrogen-bond donors (Lipinski definition) is 3. The van der Waals surface area contributed by atoms with Crippen LogP contribution >= 0.6 is 0 Å². The molecule has 2 aromatic rings. The molecule has 2 aliphatic heterocycles. The summed E-state index contributed by atoms with van der Waals surface area (Å²) in [5.74, 6) is -1.08. The van der Waals surface area contributed by atoms with Crippen molar-refractivity contribution < 1.29 is 19.2 Å². The molecule has 1 unspecified atom stereocenters. The van der Waals surface area contributed by atoms with Crippen LogP contribution in [-0.4, -0.2) is 41.1 Å². The van der Waals surface area contributed by atoms with Crippen LogP contribution in [0.5, 0.6) is 0 Å². The highest BCUT2D eigenvalue weighted by molar-refractivity contribution is 6.05. The molecule has 3 N–H and O–H groups in total. The standard InChI is InChI=1S/C26H30N4O4/c1-26(2,3)18-5-7-19(8-6-18)27-14-23(32)28-13-16-4-9-20-17(12-16)15-30(25(20)34)21-10-11-22(31)29-24(21)33/h4-9,12,21,27H,10-11,13-15H2,1-3H3,(H,28,32)(H,29,31,33). The van der Waals surface area contributed by atoms with Gasteiger partial charge in [-0.25, -0.2) is 0 Å². The number of carbonyl (C=O) groups is 4. The zero-order valence-corrected chi connectivity index (χ0v) is 19.7. The molecule has 178 valence electrons. The molecule has 0 saturated carbocycles. The second kappa shape index (κ2) is 9.29. The number of nitrogens with one attached hydrogen (secondary N) is 3. The van der Waals surface area contributed by atoms with Crippen molar-refractivity contribution in [1.82, 2.24) is 15.5 Å². The number of piperidine rings is 1. The predicted molar refractivity (Wildman–Crippen MR) is 128 cm³/mol. The summed E-state index contributed by atoms with van der Waals surface area (Å²) in [5.41, 5.74) is 4.44. The molecular weight excluding hydrogens is 432 g/mol. The van der Waals surface area contributed by atoms with Crippen molar-refractivity contribution in [2.24, 2.45) is 0 Å². The van der Waals surface area contributed by atoms with E-state index in [-0.39, 0.29) is 36.1 Å². The maximum atomic E-state index is 12.8. The lowest BCUT2D eigenvalue weighted by molar-refractivity contribution is -0.137. The molecule has 0 aromatic heterocycles. The summed E-state index contributed by atoms with van der Waals surface area (Å²) >= 11 is 0. The maximum Gasteiger partial charge on any atom is 0.255 e. The minimum Gasteiger partial charge on any atom is -0.376 e. The highest BCUT2D eigenvalue weighted by Gasteiger charge is 2.39. The van der Waals surface area contributed by atoms with Gasteiger partial charge in [-0.2, -0.15) is 0 Å². The number of carbonyl (C=O) groups excluding carboxylic acids is 4. The van der Waals surface area contributed by atoms with E-state index >= 15 is 0 Å². The Morgan fingerprint density at radius 2 is 1.82 bits per heavy atom. The second-order valence-electron chi connectivity index (χ2n) is 9.85. The Hall–Kier alpha value is -3.68. The number of imide groups is 1. The first-order valence-corrected chi connectivity index (χ1v) is 11.5. The van der Waals surface area contributed by atoms with E-state index in [0.717, 1.165) is 16.8 Å². The van der Waals surface area contributed by atoms with Gasteiger partial charge in [-0.1, -0.05) is 45.0 Å². The predicted octanol–water partition coefficient (Wildman–Crippen LogP) is 2.47. The Balaban J connectivity index is 1.30. The van der Waals surface area contributed by atoms with Crippen molar-refractivity contribution in [2.45, 2.75) is 58.2 Å². The van der Waals surface area contributed by atoms with Crippen molar-refractivity contribution >= 4 is 29.3 Å². The smallest absolute Gasteiger partial charge is 0.255 e. The highest BCUT2D eigenvalue weighted by atomic mass is 16.2. The number of nitrogens with zero attached hydrogens (tertiary/aromatic N) is 1. The molecule has 1 saturated heterocycles. The van der Waals surface area contributed by atoms with Crippen LogP contribution in [0, 0.1) is 0 Å². The van der Waals surface area contributed by atoms with Gasteiger partial charge in [0.25, 0.3) is 5.91 Å². The lowest BCUT2D eigenvalue weighted by Gasteiger charge is -2.29. The normalized spacial score (nSPS) is 17.9. The molecule has 1 fully saturated rings. The Morgan fingerprint density at radius 3 is 2.50 bits per heavy atom. The molecule has 8 heteroatoms. The summed E-state index contributed by atoms with van der Waals surface area (Å²) in [6, 6.07) is 12.9. The first kappa shape index (κ1) is 23.5. The average molecular weight is 463 g/mol. The van der Waals surface area contributed by atoms with Gasteiger partial charge in [-0.15, -0.1) is 0 Å². The molecule has 0 aliphatic carbocycles. The van der Waals surface area contributed by atoms with E-state index in [2.05, 4.69) is 48.9 Å². The minimum atomic E-state index is -0.635. The van der Waals surface area contributed by atoms with E-state index in [1.807, 2.05) is 24.3 Å². The van der Waals surface area contributed by atoms with Crippen molar-refractivity contribution in [2.75, 3.05) is 11.9 Å². The zero-order valence-electron chi connectivity index (χ0n) is 19.7. The number of fused-ring (bicyclic) bond motifs is 1. The van der Waals surface area contributed by atoms with Gasteiger partial charge < -0.3 is 15.5 Å². The van der Waals surface area contributed by atoms with E-state index in [1.165, 1.54) is 10.5 Å². The molecule has 4 rings (SSSR count). The van der Waals surface area contributed by atoms with Crippen LogP contribution in [-0.2, 0) is 32.9 Å². The largest absolute Gasteiger partial charge is 0.376 e. The van der Waals surface area contributed by atoms with Gasteiger partial charge in [-0.05, 0) is 46.7 Å². The lowest BCUT2D eigenvalue weighted by atomic mass is 9.87. The molecule has 8 nitrogen and oxygen atoms in total. The first-order chi connectivity index (χ1) is 16.1. The summed E-state index contributed by atoms with van der Waals surface area (Å²) in [6.45, 7) is 7.28. The zero-order chi connectivity index (χ0) is 24.5. The fourth-order valence-corrected chi connectivity index (χ4v) is 4.27. The van der Waals surface area contributed by atoms with Gasteiger partial charge in [0.1, 0.15) is 6.04 Å². The Morgan fingerprint density at radius 1 is 1.09 bits per heavy atom. The van der Waals surface area contributed by atoms with Crippen LogP contribution < -0.4 is 16.0 Å². The fraction of sp³-hybridized carbons (Fsp3) is 0.385. The maximum absolute atomic E-state index is 12.8. The van der Waals surface area contributed by atoms with Crippen molar-refractivity contribution in [3.8, 4) is 0 Å². The summed E-state index contributed by atoms with van der Waals surface area (Å²) in [7, 11) is 0. The highest BCUT2D eigenvalue weighted by Crippen LogP contribution is 2.28. The van der Waals surface area contributed by atoms with Gasteiger partial charge in [0.05, 0.1) is 6.54 Å². The lowest BCUT2D eigenvalue weighted by Crippen LogP contribution is -2.52. The monoisotopic (exact) mass is 462 g/mol. The quantitative estimate of drug-likeness (QED) is 0.572. The molecule has 2 aromatic carbocycles. The summed E-state index contributed by atoms with van der Waals surface area (Å²) in [4.78, 5) is 50.2. The van der Waals surface area contributed by atoms with Gasteiger partial charge >= 0.3 is 0 Å². The molecule has 0 radical (unpaired) electrons. The van der Waals surface area contributed by atoms with E-state index in [0.29, 0.717) is 25.1 Å². The summed E-state index contributed by atoms with van der Waals surface area (Å²) in [5, 5.41) is 8.33. The van der Waals surface area contributed by atoms with Gasteiger partial charge in [0, 0.05) is 30.8 Å². The summed E-state index contributed by atoms with van der Waals surface area (Å²) < 4.78 is 0. The molecule has 4 amide bonds. The van der Waals surface area contributed by atoms with E-state index in [4.69, 9.17) is 0 Å². The third kappa shape index (κ3) is 5.11. The number of benzene rings is 2. The third-order valence-corrected chi connectivity index (χ3v) is 6.28. The minimum absolute atomic E-state index is 0.0786. The van der Waals surface area contributed by atoms with Crippen LogP contribution in [0.4, 0.5) is 5.69 Å². The summed E-state index contributed by atoms with van der Waals surface area (Å²) in [6.07, 6.45) is 0.557. The molecular formula is C26H30N4O4. The van der Waals surface area contributed by atoms with Crippen molar-refractivity contribution in [3.63, 3.8) is 0 Å². The van der Waals surface area contributed by atoms with E-state index in [1.54, 1.807) is 6.07 Å². The number of anilines is 1. The van der Waals surface area contributed by atoms with Crippen molar-refractivity contribution in [1.29, 1.82) is 0 Å². The van der Waals surface area contributed by atoms with Crippen molar-refractivity contribution in [3.05, 3.63) is 64.7 Å². The van der Waals surface area contributed by atoms with Crippen LogP contribution in [0.15, 0.2) is 42.5 Å². The molecule has 2 aliphatic rings. The van der Waals surface area contributed by atoms with Crippen LogP contribution in [0.2, 0.25) is 0 Å². The average Bonchev–Trinajstić information content (AvgIpc) is 3.11. The van der Waals surface area contributed by atoms with E-state index in [9.17, 15) is 19.2 Å². The SMILES string of the molecule is CC(C)(C)c1ccc(NCC(=O)NCc2ccc3c(c2)CN(C2CCC(=O)NC2=O)C3=O)cc1. The van der Waals surface area contributed by atoms with Gasteiger partial charge in [-0.3, -0.25) is 24.5 Å². The Labute approximate surface area is 199 Å². The second-order valence-corrected chi connectivity index (χ2v) is 9.85. The Kier molecular flexibility index (Phi) is 6.41. The number of hydrogen-bond acceptors (Lipinski definition) is 5. The Bertz CT molecular complexity index is 1130. The van der Waals surface area contributed by atoms with Crippen LogP contribution in [0.25, 0.3) is 0 Å². The number of amides is 4.